The molecule has 5 heteroatoms. The van der Waals surface area contributed by atoms with Crippen LogP contribution in [0.15, 0.2) is 47.2 Å². The highest BCUT2D eigenvalue weighted by Crippen LogP contribution is 2.27. The van der Waals surface area contributed by atoms with Gasteiger partial charge in [0, 0.05) is 23.5 Å². The van der Waals surface area contributed by atoms with E-state index in [-0.39, 0.29) is 0 Å². The van der Waals surface area contributed by atoms with Crippen LogP contribution in [-0.4, -0.2) is 22.2 Å². The summed E-state index contributed by atoms with van der Waals surface area (Å²) in [4.78, 5) is 8.42. The second-order valence-corrected chi connectivity index (χ2v) is 4.35. The number of methoxy groups -OCH3 is 1. The zero-order valence-electron chi connectivity index (χ0n) is 11.2. The maximum Gasteiger partial charge on any atom is 0.258 e. The van der Waals surface area contributed by atoms with Crippen LogP contribution in [0.1, 0.15) is 5.56 Å². The molecule has 0 amide bonds. The van der Waals surface area contributed by atoms with Gasteiger partial charge in [0.2, 0.25) is 5.82 Å². The maximum atomic E-state index is 5.30. The molecule has 5 nitrogen and oxygen atoms in total. The molecule has 0 N–H and O–H groups in total. The van der Waals surface area contributed by atoms with Crippen molar-refractivity contribution in [3.8, 4) is 28.6 Å². The molecule has 0 saturated heterocycles. The van der Waals surface area contributed by atoms with Gasteiger partial charge in [0.25, 0.3) is 5.89 Å². The van der Waals surface area contributed by atoms with E-state index in [2.05, 4.69) is 15.1 Å². The Balaban J connectivity index is 1.98. The van der Waals surface area contributed by atoms with Gasteiger partial charge in [-0.05, 0) is 36.8 Å². The molecule has 0 spiro atoms. The topological polar surface area (TPSA) is 61.0 Å². The van der Waals surface area contributed by atoms with E-state index >= 15 is 0 Å². The summed E-state index contributed by atoms with van der Waals surface area (Å²) in [6.07, 6.45) is 3.40. The first-order valence-electron chi connectivity index (χ1n) is 6.17. The van der Waals surface area contributed by atoms with Gasteiger partial charge in [0.15, 0.2) is 0 Å². The third-order valence-electron chi connectivity index (χ3n) is 3.00. The average Bonchev–Trinajstić information content (AvgIpc) is 2.98. The molecular weight excluding hydrogens is 254 g/mol. The summed E-state index contributed by atoms with van der Waals surface area (Å²) >= 11 is 0. The summed E-state index contributed by atoms with van der Waals surface area (Å²) in [5.41, 5.74) is 2.71. The molecule has 0 fully saturated rings. The predicted octanol–water partition coefficient (Wildman–Crippen LogP) is 3.12. The lowest BCUT2D eigenvalue weighted by molar-refractivity contribution is 0.410. The summed E-state index contributed by atoms with van der Waals surface area (Å²) in [5.74, 6) is 1.78. The molecule has 0 unspecified atom stereocenters. The number of pyridine rings is 1. The van der Waals surface area contributed by atoms with Crippen molar-refractivity contribution in [1.29, 1.82) is 0 Å². The van der Waals surface area contributed by atoms with Crippen LogP contribution < -0.4 is 4.74 Å². The fraction of sp³-hybridized carbons (Fsp3) is 0.133. The number of hydrogen-bond acceptors (Lipinski definition) is 5. The Kier molecular flexibility index (Phi) is 3.16. The number of aryl methyl sites for hydroxylation is 1. The number of benzene rings is 1. The van der Waals surface area contributed by atoms with Gasteiger partial charge in [-0.15, -0.1) is 0 Å². The monoisotopic (exact) mass is 267 g/mol. The van der Waals surface area contributed by atoms with Crippen molar-refractivity contribution in [1.82, 2.24) is 15.1 Å². The van der Waals surface area contributed by atoms with Crippen molar-refractivity contribution in [2.75, 3.05) is 7.11 Å². The second kappa shape index (κ2) is 5.13. The molecule has 3 rings (SSSR count). The van der Waals surface area contributed by atoms with Gasteiger partial charge >= 0.3 is 0 Å². The van der Waals surface area contributed by atoms with Crippen molar-refractivity contribution in [3.63, 3.8) is 0 Å². The van der Waals surface area contributed by atoms with Crippen molar-refractivity contribution in [2.45, 2.75) is 6.92 Å². The molecule has 2 heterocycles. The van der Waals surface area contributed by atoms with Gasteiger partial charge < -0.3 is 9.26 Å². The molecular formula is C15H13N3O2. The predicted molar refractivity (Wildman–Crippen MR) is 74.3 cm³/mol. The van der Waals surface area contributed by atoms with E-state index in [0.717, 1.165) is 22.4 Å². The minimum Gasteiger partial charge on any atom is -0.496 e. The molecule has 0 aliphatic rings. The summed E-state index contributed by atoms with van der Waals surface area (Å²) in [6, 6.07) is 9.49. The van der Waals surface area contributed by atoms with Crippen LogP contribution in [0.3, 0.4) is 0 Å². The summed E-state index contributed by atoms with van der Waals surface area (Å²) in [5, 5.41) is 3.97. The average molecular weight is 267 g/mol. The molecule has 0 radical (unpaired) electrons. The fourth-order valence-corrected chi connectivity index (χ4v) is 1.91. The van der Waals surface area contributed by atoms with E-state index in [1.54, 1.807) is 19.5 Å². The molecule has 100 valence electrons. The van der Waals surface area contributed by atoms with Crippen LogP contribution in [-0.2, 0) is 0 Å². The number of aromatic nitrogens is 3. The van der Waals surface area contributed by atoms with Gasteiger partial charge in [0.05, 0.1) is 7.11 Å². The van der Waals surface area contributed by atoms with Gasteiger partial charge in [-0.3, -0.25) is 4.98 Å². The molecule has 0 aliphatic heterocycles. The summed E-state index contributed by atoms with van der Waals surface area (Å²) in [7, 11) is 1.64. The third kappa shape index (κ3) is 2.25. The zero-order valence-corrected chi connectivity index (χ0v) is 11.2. The normalized spacial score (nSPS) is 10.5. The molecule has 0 bridgehead atoms. The highest BCUT2D eigenvalue weighted by Gasteiger charge is 2.12. The van der Waals surface area contributed by atoms with Crippen molar-refractivity contribution < 1.29 is 9.26 Å². The number of ether oxygens (including phenoxy) is 1. The van der Waals surface area contributed by atoms with Crippen LogP contribution in [0.4, 0.5) is 0 Å². The van der Waals surface area contributed by atoms with Crippen molar-refractivity contribution >= 4 is 0 Å². The lowest BCUT2D eigenvalue weighted by Crippen LogP contribution is -1.88. The quantitative estimate of drug-likeness (QED) is 0.729. The van der Waals surface area contributed by atoms with Crippen LogP contribution in [0.5, 0.6) is 5.75 Å². The first-order valence-corrected chi connectivity index (χ1v) is 6.17. The molecule has 0 aliphatic carbocycles. The Morgan fingerprint density at radius 1 is 1.15 bits per heavy atom. The standard InChI is InChI=1S/C15H13N3O2/c1-10-5-6-11(8-13(10)19-2)15-17-14(18-20-15)12-4-3-7-16-9-12/h3-9H,1-2H3. The largest absolute Gasteiger partial charge is 0.496 e. The Labute approximate surface area is 116 Å². The van der Waals surface area contributed by atoms with E-state index in [1.165, 1.54) is 0 Å². The lowest BCUT2D eigenvalue weighted by Gasteiger charge is -2.04. The van der Waals surface area contributed by atoms with E-state index in [0.29, 0.717) is 11.7 Å². The Hall–Kier alpha value is -2.69. The molecule has 3 aromatic rings. The number of rotatable bonds is 3. The molecule has 20 heavy (non-hydrogen) atoms. The van der Waals surface area contributed by atoms with Crippen molar-refractivity contribution in [2.24, 2.45) is 0 Å². The molecule has 0 saturated carbocycles. The Bertz CT molecular complexity index is 723. The lowest BCUT2D eigenvalue weighted by atomic mass is 10.1. The fourth-order valence-electron chi connectivity index (χ4n) is 1.91. The van der Waals surface area contributed by atoms with Crippen molar-refractivity contribution in [3.05, 3.63) is 48.3 Å². The summed E-state index contributed by atoms with van der Waals surface area (Å²) in [6.45, 7) is 1.98. The van der Waals surface area contributed by atoms with E-state index < -0.39 is 0 Å². The Morgan fingerprint density at radius 3 is 2.80 bits per heavy atom. The van der Waals surface area contributed by atoms with E-state index in [1.807, 2.05) is 37.3 Å². The SMILES string of the molecule is COc1cc(-c2nc(-c3cccnc3)no2)ccc1C. The third-order valence-corrected chi connectivity index (χ3v) is 3.00. The maximum absolute atomic E-state index is 5.30. The van der Waals surface area contributed by atoms with Crippen LogP contribution >= 0.6 is 0 Å². The van der Waals surface area contributed by atoms with Crippen LogP contribution in [0, 0.1) is 6.92 Å². The van der Waals surface area contributed by atoms with Crippen LogP contribution in [0.2, 0.25) is 0 Å². The van der Waals surface area contributed by atoms with Gasteiger partial charge in [0.1, 0.15) is 5.75 Å². The van der Waals surface area contributed by atoms with Gasteiger partial charge in [-0.2, -0.15) is 4.98 Å². The van der Waals surface area contributed by atoms with Gasteiger partial charge in [-0.1, -0.05) is 11.2 Å². The van der Waals surface area contributed by atoms with Gasteiger partial charge in [-0.25, -0.2) is 0 Å². The molecule has 1 aromatic carbocycles. The number of hydrogen-bond donors (Lipinski definition) is 0. The highest BCUT2D eigenvalue weighted by molar-refractivity contribution is 5.61. The molecule has 2 aromatic heterocycles. The number of nitrogens with zero attached hydrogens (tertiary/aromatic N) is 3. The first-order chi connectivity index (χ1) is 9.78. The zero-order chi connectivity index (χ0) is 13.9. The minimum absolute atomic E-state index is 0.460. The smallest absolute Gasteiger partial charge is 0.258 e. The van der Waals surface area contributed by atoms with Crippen LogP contribution in [0.25, 0.3) is 22.8 Å². The second-order valence-electron chi connectivity index (χ2n) is 4.35. The van der Waals surface area contributed by atoms with E-state index in [9.17, 15) is 0 Å². The highest BCUT2D eigenvalue weighted by atomic mass is 16.5. The minimum atomic E-state index is 0.460. The Morgan fingerprint density at radius 2 is 2.05 bits per heavy atom. The summed E-state index contributed by atoms with van der Waals surface area (Å²) < 4.78 is 10.6. The molecule has 0 atom stereocenters. The van der Waals surface area contributed by atoms with E-state index in [4.69, 9.17) is 9.26 Å². The first kappa shape index (κ1) is 12.3.